The maximum atomic E-state index is 12.3. The molecule has 0 radical (unpaired) electrons. The van der Waals surface area contributed by atoms with Gasteiger partial charge in [0.05, 0.1) is 11.7 Å². The summed E-state index contributed by atoms with van der Waals surface area (Å²) in [6.07, 6.45) is 5.37. The molecular formula is C17H19N3O3S. The Bertz CT molecular complexity index is 725. The summed E-state index contributed by atoms with van der Waals surface area (Å²) in [7, 11) is 0. The van der Waals surface area contributed by atoms with E-state index in [1.165, 1.54) is 11.8 Å². The van der Waals surface area contributed by atoms with Gasteiger partial charge in [-0.3, -0.25) is 4.98 Å². The number of nitrogens with one attached hydrogen (secondary N) is 2. The van der Waals surface area contributed by atoms with Crippen LogP contribution >= 0.6 is 11.8 Å². The summed E-state index contributed by atoms with van der Waals surface area (Å²) in [5.74, 6) is 1.36. The fourth-order valence-corrected chi connectivity index (χ4v) is 2.98. The molecular weight excluding hydrogens is 326 g/mol. The third-order valence-corrected chi connectivity index (χ3v) is 4.44. The maximum absolute atomic E-state index is 12.3. The number of thioether (sulfide) groups is 1. The van der Waals surface area contributed by atoms with Crippen molar-refractivity contribution in [2.24, 2.45) is 0 Å². The van der Waals surface area contributed by atoms with Crippen molar-refractivity contribution >= 4 is 23.5 Å². The first-order chi connectivity index (χ1) is 11.7. The van der Waals surface area contributed by atoms with Crippen LogP contribution < -0.4 is 20.1 Å². The van der Waals surface area contributed by atoms with E-state index in [1.807, 2.05) is 31.4 Å². The Kier molecular flexibility index (Phi) is 5.10. The van der Waals surface area contributed by atoms with Crippen LogP contribution in [-0.4, -0.2) is 30.5 Å². The number of benzene rings is 1. The molecule has 0 spiro atoms. The molecule has 0 aliphatic carbocycles. The summed E-state index contributed by atoms with van der Waals surface area (Å²) in [6.45, 7) is 2.97. The van der Waals surface area contributed by atoms with Crippen LogP contribution in [0.1, 0.15) is 18.5 Å². The van der Waals surface area contributed by atoms with Crippen molar-refractivity contribution in [1.82, 2.24) is 10.3 Å². The minimum absolute atomic E-state index is 0.122. The zero-order chi connectivity index (χ0) is 16.9. The van der Waals surface area contributed by atoms with E-state index in [1.54, 1.807) is 18.5 Å². The van der Waals surface area contributed by atoms with Gasteiger partial charge in [0.1, 0.15) is 13.2 Å². The molecule has 2 amide bonds. The van der Waals surface area contributed by atoms with Gasteiger partial charge in [-0.05, 0) is 36.9 Å². The summed E-state index contributed by atoms with van der Waals surface area (Å²) in [5, 5.41) is 5.81. The molecule has 1 aliphatic heterocycles. The number of nitrogens with zero attached hydrogens (tertiary/aromatic N) is 1. The second-order valence-electron chi connectivity index (χ2n) is 5.30. The van der Waals surface area contributed by atoms with Gasteiger partial charge in [-0.15, -0.1) is 11.8 Å². The summed E-state index contributed by atoms with van der Waals surface area (Å²) >= 11 is 1.54. The van der Waals surface area contributed by atoms with Crippen LogP contribution in [0.5, 0.6) is 11.5 Å². The molecule has 1 unspecified atom stereocenters. The lowest BCUT2D eigenvalue weighted by Gasteiger charge is -2.21. The van der Waals surface area contributed by atoms with E-state index in [2.05, 4.69) is 15.6 Å². The fourth-order valence-electron chi connectivity index (χ4n) is 2.43. The first-order valence-electron chi connectivity index (χ1n) is 7.62. The largest absolute Gasteiger partial charge is 0.486 e. The van der Waals surface area contributed by atoms with E-state index in [-0.39, 0.29) is 12.1 Å². The van der Waals surface area contributed by atoms with Gasteiger partial charge in [-0.2, -0.15) is 0 Å². The first kappa shape index (κ1) is 16.4. The number of urea groups is 1. The van der Waals surface area contributed by atoms with E-state index in [0.29, 0.717) is 30.4 Å². The van der Waals surface area contributed by atoms with Gasteiger partial charge in [-0.25, -0.2) is 4.79 Å². The Morgan fingerprint density at radius 3 is 2.54 bits per heavy atom. The standard InChI is InChI=1S/C17H19N3O3S/c1-11(12-3-5-18-6-4-12)19-17(21)20-13-9-14-15(10-16(13)24-2)23-8-7-22-14/h3-6,9-11H,7-8H2,1-2H3,(H2,19,20,21). The van der Waals surface area contributed by atoms with Crippen LogP contribution in [0.25, 0.3) is 0 Å². The smallest absolute Gasteiger partial charge is 0.319 e. The highest BCUT2D eigenvalue weighted by atomic mass is 32.2. The van der Waals surface area contributed by atoms with Gasteiger partial charge >= 0.3 is 6.03 Å². The highest BCUT2D eigenvalue weighted by Crippen LogP contribution is 2.39. The number of aromatic nitrogens is 1. The van der Waals surface area contributed by atoms with E-state index in [0.717, 1.165) is 10.5 Å². The molecule has 3 rings (SSSR count). The van der Waals surface area contributed by atoms with Gasteiger partial charge in [-0.1, -0.05) is 0 Å². The number of anilines is 1. The minimum atomic E-state index is -0.272. The second kappa shape index (κ2) is 7.44. The lowest BCUT2D eigenvalue weighted by molar-refractivity contribution is 0.171. The molecule has 6 nitrogen and oxygen atoms in total. The molecule has 2 N–H and O–H groups in total. The van der Waals surface area contributed by atoms with Crippen molar-refractivity contribution in [1.29, 1.82) is 0 Å². The molecule has 0 fully saturated rings. The van der Waals surface area contributed by atoms with Crippen LogP contribution in [0.15, 0.2) is 41.6 Å². The SMILES string of the molecule is CSc1cc2c(cc1NC(=O)NC(C)c1ccncc1)OCCO2. The predicted molar refractivity (Wildman–Crippen MR) is 94.0 cm³/mol. The number of hydrogen-bond acceptors (Lipinski definition) is 5. The van der Waals surface area contributed by atoms with Crippen LogP contribution in [0.3, 0.4) is 0 Å². The Morgan fingerprint density at radius 1 is 1.21 bits per heavy atom. The number of amides is 2. The number of fused-ring (bicyclic) bond motifs is 1. The highest BCUT2D eigenvalue weighted by molar-refractivity contribution is 7.98. The zero-order valence-corrected chi connectivity index (χ0v) is 14.4. The lowest BCUT2D eigenvalue weighted by atomic mass is 10.1. The summed E-state index contributed by atoms with van der Waals surface area (Å²) in [4.78, 5) is 17.2. The number of pyridine rings is 1. The molecule has 1 aliphatic rings. The van der Waals surface area contributed by atoms with Crippen molar-refractivity contribution in [3.8, 4) is 11.5 Å². The van der Waals surface area contributed by atoms with E-state index < -0.39 is 0 Å². The topological polar surface area (TPSA) is 72.5 Å². The van der Waals surface area contributed by atoms with Crippen LogP contribution in [0.2, 0.25) is 0 Å². The summed E-state index contributed by atoms with van der Waals surface area (Å²) in [6, 6.07) is 7.05. The summed E-state index contributed by atoms with van der Waals surface area (Å²) in [5.41, 5.74) is 1.69. The third kappa shape index (κ3) is 3.73. The van der Waals surface area contributed by atoms with Crippen LogP contribution in [0, 0.1) is 0 Å². The van der Waals surface area contributed by atoms with Gasteiger partial charge in [0.25, 0.3) is 0 Å². The zero-order valence-electron chi connectivity index (χ0n) is 13.5. The molecule has 126 valence electrons. The van der Waals surface area contributed by atoms with Gasteiger partial charge < -0.3 is 20.1 Å². The minimum Gasteiger partial charge on any atom is -0.486 e. The van der Waals surface area contributed by atoms with E-state index >= 15 is 0 Å². The molecule has 2 heterocycles. The molecule has 0 bridgehead atoms. The second-order valence-corrected chi connectivity index (χ2v) is 6.14. The van der Waals surface area contributed by atoms with Crippen molar-refractivity contribution < 1.29 is 14.3 Å². The number of rotatable bonds is 4. The third-order valence-electron chi connectivity index (χ3n) is 3.67. The van der Waals surface area contributed by atoms with Crippen molar-refractivity contribution in [3.63, 3.8) is 0 Å². The number of hydrogen-bond donors (Lipinski definition) is 2. The first-order valence-corrected chi connectivity index (χ1v) is 8.85. The fraction of sp³-hybridized carbons (Fsp3) is 0.294. The van der Waals surface area contributed by atoms with E-state index in [4.69, 9.17) is 9.47 Å². The van der Waals surface area contributed by atoms with Crippen molar-refractivity contribution in [3.05, 3.63) is 42.2 Å². The number of carbonyl (C=O) groups is 1. The molecule has 1 aromatic carbocycles. The molecule has 7 heteroatoms. The van der Waals surface area contributed by atoms with Crippen molar-refractivity contribution in [2.45, 2.75) is 17.9 Å². The normalized spacial score (nSPS) is 13.9. The number of carbonyl (C=O) groups excluding carboxylic acids is 1. The average molecular weight is 345 g/mol. The Balaban J connectivity index is 1.72. The monoisotopic (exact) mass is 345 g/mol. The molecule has 2 aromatic rings. The van der Waals surface area contributed by atoms with Gasteiger partial charge in [0.15, 0.2) is 11.5 Å². The lowest BCUT2D eigenvalue weighted by Crippen LogP contribution is -2.31. The average Bonchev–Trinajstić information content (AvgIpc) is 2.61. The molecule has 0 saturated carbocycles. The molecule has 1 aromatic heterocycles. The van der Waals surface area contributed by atoms with Crippen LogP contribution in [-0.2, 0) is 0 Å². The maximum Gasteiger partial charge on any atom is 0.319 e. The number of ether oxygens (including phenoxy) is 2. The molecule has 0 saturated heterocycles. The Hall–Kier alpha value is -2.41. The summed E-state index contributed by atoms with van der Waals surface area (Å²) < 4.78 is 11.2. The Morgan fingerprint density at radius 2 is 1.88 bits per heavy atom. The molecule has 24 heavy (non-hydrogen) atoms. The van der Waals surface area contributed by atoms with Gasteiger partial charge in [0, 0.05) is 23.4 Å². The Labute approximate surface area is 145 Å². The quantitative estimate of drug-likeness (QED) is 0.830. The van der Waals surface area contributed by atoms with E-state index in [9.17, 15) is 4.79 Å². The predicted octanol–water partition coefficient (Wildman–Crippen LogP) is 3.46. The van der Waals surface area contributed by atoms with Crippen LogP contribution in [0.4, 0.5) is 10.5 Å². The van der Waals surface area contributed by atoms with Gasteiger partial charge in [0.2, 0.25) is 0 Å². The molecule has 1 atom stereocenters. The van der Waals surface area contributed by atoms with Crippen molar-refractivity contribution in [2.75, 3.05) is 24.8 Å². The highest BCUT2D eigenvalue weighted by Gasteiger charge is 2.17.